The van der Waals surface area contributed by atoms with Gasteiger partial charge in [-0.25, -0.2) is 0 Å². The molecule has 0 aliphatic rings. The summed E-state index contributed by atoms with van der Waals surface area (Å²) in [5, 5.41) is 14.3. The normalized spacial score (nSPS) is 12.5. The van der Waals surface area contributed by atoms with Gasteiger partial charge in [0.1, 0.15) is 5.69 Å². The predicted molar refractivity (Wildman–Crippen MR) is 87.6 cm³/mol. The van der Waals surface area contributed by atoms with Crippen LogP contribution in [0.5, 0.6) is 0 Å². The van der Waals surface area contributed by atoms with E-state index in [1.54, 1.807) is 12.1 Å². The van der Waals surface area contributed by atoms with Gasteiger partial charge < -0.3 is 5.32 Å². The summed E-state index contributed by atoms with van der Waals surface area (Å²) >= 11 is 2.09. The highest BCUT2D eigenvalue weighted by molar-refractivity contribution is 14.1. The number of hydrogen-bond acceptors (Lipinski definition) is 3. The van der Waals surface area contributed by atoms with Crippen molar-refractivity contribution in [3.8, 4) is 0 Å². The molecule has 0 aliphatic carbocycles. The largest absolute Gasteiger partial charge is 0.377 e. The summed E-state index contributed by atoms with van der Waals surface area (Å²) in [6.07, 6.45) is 3.37. The van der Waals surface area contributed by atoms with E-state index in [1.807, 2.05) is 6.07 Å². The van der Waals surface area contributed by atoms with Crippen LogP contribution in [0.15, 0.2) is 18.2 Å². The topological polar surface area (TPSA) is 55.2 Å². The Balaban J connectivity index is 2.63. The summed E-state index contributed by atoms with van der Waals surface area (Å²) in [5.41, 5.74) is 0.769. The van der Waals surface area contributed by atoms with Gasteiger partial charge in [0.25, 0.3) is 5.69 Å². The van der Waals surface area contributed by atoms with Gasteiger partial charge in [-0.2, -0.15) is 0 Å². The smallest absolute Gasteiger partial charge is 0.293 e. The standard InChI is InChI=1S/C14H21IN2O2/c1-10(2)5-4-6-11(3)16-13-8-7-12(15)9-14(13)17(18)19/h7-11,16H,4-6H2,1-3H3. The van der Waals surface area contributed by atoms with Crippen molar-refractivity contribution in [3.05, 3.63) is 31.9 Å². The van der Waals surface area contributed by atoms with Gasteiger partial charge in [-0.15, -0.1) is 0 Å². The van der Waals surface area contributed by atoms with E-state index < -0.39 is 0 Å². The maximum Gasteiger partial charge on any atom is 0.293 e. The second-order valence-corrected chi connectivity index (χ2v) is 6.53. The summed E-state index contributed by atoms with van der Waals surface area (Å²) in [6.45, 7) is 6.49. The molecule has 4 nitrogen and oxygen atoms in total. The van der Waals surface area contributed by atoms with Gasteiger partial charge in [0, 0.05) is 15.7 Å². The van der Waals surface area contributed by atoms with Gasteiger partial charge in [-0.05, 0) is 54.0 Å². The molecule has 0 fully saturated rings. The molecular formula is C14H21IN2O2. The highest BCUT2D eigenvalue weighted by Crippen LogP contribution is 2.27. The summed E-state index contributed by atoms with van der Waals surface area (Å²) < 4.78 is 0.877. The quantitative estimate of drug-likeness (QED) is 0.422. The Morgan fingerprint density at radius 1 is 1.32 bits per heavy atom. The molecule has 0 bridgehead atoms. The SMILES string of the molecule is CC(C)CCCC(C)Nc1ccc(I)cc1[N+](=O)[O-]. The van der Waals surface area contributed by atoms with Gasteiger partial charge in [-0.1, -0.05) is 26.7 Å². The van der Waals surface area contributed by atoms with E-state index in [0.29, 0.717) is 11.6 Å². The zero-order valence-corrected chi connectivity index (χ0v) is 13.8. The summed E-state index contributed by atoms with van der Waals surface area (Å²) in [5.74, 6) is 0.708. The molecule has 1 N–H and O–H groups in total. The van der Waals surface area contributed by atoms with Crippen molar-refractivity contribution in [2.24, 2.45) is 5.92 Å². The van der Waals surface area contributed by atoms with Crippen LogP contribution < -0.4 is 5.32 Å². The van der Waals surface area contributed by atoms with Crippen LogP contribution in [-0.4, -0.2) is 11.0 Å². The molecule has 1 aromatic carbocycles. The summed E-state index contributed by atoms with van der Waals surface area (Å²) in [6, 6.07) is 5.52. The van der Waals surface area contributed by atoms with Crippen molar-refractivity contribution in [1.82, 2.24) is 0 Å². The molecule has 1 unspecified atom stereocenters. The first-order valence-electron chi connectivity index (χ1n) is 6.60. The first-order chi connectivity index (χ1) is 8.90. The fraction of sp³-hybridized carbons (Fsp3) is 0.571. The molecule has 0 radical (unpaired) electrons. The van der Waals surface area contributed by atoms with Crippen LogP contribution in [0.2, 0.25) is 0 Å². The van der Waals surface area contributed by atoms with E-state index in [-0.39, 0.29) is 16.7 Å². The number of nitrogens with one attached hydrogen (secondary N) is 1. The number of halogens is 1. The highest BCUT2D eigenvalue weighted by Gasteiger charge is 2.15. The molecule has 1 rings (SSSR count). The average molecular weight is 376 g/mol. The number of nitro groups is 1. The van der Waals surface area contributed by atoms with Gasteiger partial charge in [-0.3, -0.25) is 10.1 Å². The summed E-state index contributed by atoms with van der Waals surface area (Å²) in [4.78, 5) is 10.7. The number of anilines is 1. The number of hydrogen-bond donors (Lipinski definition) is 1. The fourth-order valence-electron chi connectivity index (χ4n) is 1.95. The molecule has 106 valence electrons. The molecule has 0 amide bonds. The van der Waals surface area contributed by atoms with Crippen molar-refractivity contribution < 1.29 is 4.92 Å². The molecule has 0 heterocycles. The molecule has 0 spiro atoms. The third kappa shape index (κ3) is 5.76. The third-order valence-electron chi connectivity index (χ3n) is 2.98. The van der Waals surface area contributed by atoms with Crippen LogP contribution in [0.3, 0.4) is 0 Å². The molecule has 1 atom stereocenters. The number of rotatable bonds is 7. The van der Waals surface area contributed by atoms with Crippen LogP contribution in [0.25, 0.3) is 0 Å². The second-order valence-electron chi connectivity index (χ2n) is 5.29. The van der Waals surface area contributed by atoms with E-state index in [0.717, 1.165) is 16.4 Å². The maximum atomic E-state index is 11.0. The molecule has 1 aromatic rings. The van der Waals surface area contributed by atoms with Crippen molar-refractivity contribution in [2.45, 2.75) is 46.1 Å². The average Bonchev–Trinajstić information content (AvgIpc) is 2.30. The van der Waals surface area contributed by atoms with Crippen LogP contribution in [0, 0.1) is 19.6 Å². The highest BCUT2D eigenvalue weighted by atomic mass is 127. The molecule has 19 heavy (non-hydrogen) atoms. The molecule has 0 saturated heterocycles. The Bertz CT molecular complexity index is 435. The first-order valence-corrected chi connectivity index (χ1v) is 7.68. The predicted octanol–water partition coefficient (Wildman–Crippen LogP) is 4.83. The van der Waals surface area contributed by atoms with E-state index in [9.17, 15) is 10.1 Å². The Morgan fingerprint density at radius 2 is 2.00 bits per heavy atom. The van der Waals surface area contributed by atoms with Gasteiger partial charge >= 0.3 is 0 Å². The lowest BCUT2D eigenvalue weighted by molar-refractivity contribution is -0.384. The Morgan fingerprint density at radius 3 is 2.58 bits per heavy atom. The minimum atomic E-state index is -0.328. The lowest BCUT2D eigenvalue weighted by Crippen LogP contribution is -2.16. The van der Waals surface area contributed by atoms with Crippen molar-refractivity contribution >= 4 is 34.0 Å². The van der Waals surface area contributed by atoms with E-state index in [1.165, 1.54) is 6.42 Å². The first kappa shape index (κ1) is 16.2. The van der Waals surface area contributed by atoms with Gasteiger partial charge in [0.15, 0.2) is 0 Å². The van der Waals surface area contributed by atoms with Gasteiger partial charge in [0.05, 0.1) is 4.92 Å². The number of nitro benzene ring substituents is 1. The summed E-state index contributed by atoms with van der Waals surface area (Å²) in [7, 11) is 0. The van der Waals surface area contributed by atoms with Crippen LogP contribution in [0.4, 0.5) is 11.4 Å². The zero-order chi connectivity index (χ0) is 14.4. The second kappa shape index (κ2) is 7.67. The molecule has 0 aromatic heterocycles. The van der Waals surface area contributed by atoms with Crippen molar-refractivity contribution in [3.63, 3.8) is 0 Å². The fourth-order valence-corrected chi connectivity index (χ4v) is 2.42. The van der Waals surface area contributed by atoms with E-state index in [4.69, 9.17) is 0 Å². The minimum absolute atomic E-state index is 0.155. The van der Waals surface area contributed by atoms with Crippen molar-refractivity contribution in [2.75, 3.05) is 5.32 Å². The Kier molecular flexibility index (Phi) is 6.54. The molecule has 5 heteroatoms. The monoisotopic (exact) mass is 376 g/mol. The molecule has 0 aliphatic heterocycles. The Labute approximate surface area is 128 Å². The maximum absolute atomic E-state index is 11.0. The van der Waals surface area contributed by atoms with E-state index >= 15 is 0 Å². The minimum Gasteiger partial charge on any atom is -0.377 e. The van der Waals surface area contributed by atoms with Gasteiger partial charge in [0.2, 0.25) is 0 Å². The molecule has 0 saturated carbocycles. The third-order valence-corrected chi connectivity index (χ3v) is 3.65. The van der Waals surface area contributed by atoms with Crippen molar-refractivity contribution in [1.29, 1.82) is 0 Å². The van der Waals surface area contributed by atoms with E-state index in [2.05, 4.69) is 48.7 Å². The lowest BCUT2D eigenvalue weighted by atomic mass is 10.0. The lowest BCUT2D eigenvalue weighted by Gasteiger charge is -2.16. The van der Waals surface area contributed by atoms with Crippen LogP contribution >= 0.6 is 22.6 Å². The van der Waals surface area contributed by atoms with Crippen LogP contribution in [0.1, 0.15) is 40.0 Å². The molecular weight excluding hydrogens is 355 g/mol. The number of benzene rings is 1. The zero-order valence-electron chi connectivity index (χ0n) is 11.6. The number of nitrogens with zero attached hydrogens (tertiary/aromatic N) is 1. The Hall–Kier alpha value is -0.850. The van der Waals surface area contributed by atoms with Crippen LogP contribution in [-0.2, 0) is 0 Å².